The Hall–Kier alpha value is -2.97. The van der Waals surface area contributed by atoms with E-state index in [1.165, 1.54) is 17.0 Å². The Labute approximate surface area is 157 Å². The van der Waals surface area contributed by atoms with Crippen molar-refractivity contribution in [1.82, 2.24) is 24.4 Å². The zero-order valence-corrected chi connectivity index (χ0v) is 15.8. The second kappa shape index (κ2) is 8.15. The van der Waals surface area contributed by atoms with E-state index in [-0.39, 0.29) is 17.7 Å². The summed E-state index contributed by atoms with van der Waals surface area (Å²) >= 11 is 0. The van der Waals surface area contributed by atoms with Gasteiger partial charge < -0.3 is 14.5 Å². The highest BCUT2D eigenvalue weighted by Gasteiger charge is 2.29. The van der Waals surface area contributed by atoms with Crippen LogP contribution in [0.25, 0.3) is 11.4 Å². The molecule has 0 radical (unpaired) electrons. The predicted molar refractivity (Wildman–Crippen MR) is 101 cm³/mol. The van der Waals surface area contributed by atoms with Crippen LogP contribution < -0.4 is 10.5 Å². The maximum Gasteiger partial charge on any atom is 0.409 e. The largest absolute Gasteiger partial charge is 0.450 e. The van der Waals surface area contributed by atoms with Gasteiger partial charge in [-0.2, -0.15) is 0 Å². The van der Waals surface area contributed by atoms with Gasteiger partial charge in [0, 0.05) is 45.5 Å². The Morgan fingerprint density at radius 2 is 2.22 bits per heavy atom. The van der Waals surface area contributed by atoms with E-state index >= 15 is 0 Å². The number of carbonyl (C=O) groups is 1. The van der Waals surface area contributed by atoms with E-state index in [0.29, 0.717) is 37.0 Å². The molecule has 27 heavy (non-hydrogen) atoms. The van der Waals surface area contributed by atoms with Crippen molar-refractivity contribution in [3.63, 3.8) is 0 Å². The number of nitrogens with zero attached hydrogens (tertiary/aromatic N) is 6. The highest BCUT2D eigenvalue weighted by Crippen LogP contribution is 2.21. The summed E-state index contributed by atoms with van der Waals surface area (Å²) in [7, 11) is 3.59. The summed E-state index contributed by atoms with van der Waals surface area (Å²) in [6.07, 6.45) is 4.51. The number of piperidine rings is 1. The first-order chi connectivity index (χ1) is 13.0. The molecule has 1 fully saturated rings. The van der Waals surface area contributed by atoms with Gasteiger partial charge >= 0.3 is 6.09 Å². The molecule has 0 aliphatic carbocycles. The normalized spacial score (nSPS) is 16.9. The molecule has 1 amide bonds. The van der Waals surface area contributed by atoms with Crippen molar-refractivity contribution in [2.75, 3.05) is 31.6 Å². The second-order valence-electron chi connectivity index (χ2n) is 6.49. The summed E-state index contributed by atoms with van der Waals surface area (Å²) < 4.78 is 6.63. The Bertz CT molecular complexity index is 854. The fraction of sp³-hybridized carbons (Fsp3) is 0.500. The number of hydrogen-bond donors (Lipinski definition) is 0. The first-order valence-electron chi connectivity index (χ1n) is 9.00. The van der Waals surface area contributed by atoms with E-state index in [1.54, 1.807) is 31.1 Å². The van der Waals surface area contributed by atoms with Gasteiger partial charge in [0.25, 0.3) is 5.56 Å². The molecule has 9 heteroatoms. The number of hydrogen-bond acceptors (Lipinski definition) is 7. The summed E-state index contributed by atoms with van der Waals surface area (Å²) in [5.41, 5.74) is 0.924. The Morgan fingerprint density at radius 3 is 2.93 bits per heavy atom. The molecular formula is C18H24N6O3. The SMILES string of the molecule is CCOC(=O)N1CCCC(N(C)c2nc(-c3ccncn3)cc(=O)n2C)C1. The Kier molecular flexibility index (Phi) is 5.68. The van der Waals surface area contributed by atoms with Gasteiger partial charge in [-0.25, -0.2) is 19.7 Å². The predicted octanol–water partition coefficient (Wildman–Crippen LogP) is 1.29. The number of anilines is 1. The van der Waals surface area contributed by atoms with Gasteiger partial charge in [0.2, 0.25) is 5.95 Å². The van der Waals surface area contributed by atoms with Crippen molar-refractivity contribution in [2.24, 2.45) is 7.05 Å². The lowest BCUT2D eigenvalue weighted by molar-refractivity contribution is 0.0957. The van der Waals surface area contributed by atoms with Gasteiger partial charge in [0.1, 0.15) is 6.33 Å². The number of rotatable bonds is 4. The molecule has 1 atom stereocenters. The van der Waals surface area contributed by atoms with Crippen molar-refractivity contribution in [3.8, 4) is 11.4 Å². The fourth-order valence-electron chi connectivity index (χ4n) is 3.23. The van der Waals surface area contributed by atoms with Crippen molar-refractivity contribution >= 4 is 12.0 Å². The van der Waals surface area contributed by atoms with E-state index in [2.05, 4.69) is 15.0 Å². The van der Waals surface area contributed by atoms with E-state index in [0.717, 1.165) is 12.8 Å². The number of aromatic nitrogens is 4. The third-order valence-corrected chi connectivity index (χ3v) is 4.74. The molecule has 3 rings (SSSR count). The molecule has 1 unspecified atom stereocenters. The minimum absolute atomic E-state index is 0.0434. The molecule has 0 aromatic carbocycles. The molecule has 1 aliphatic heterocycles. The first-order valence-corrected chi connectivity index (χ1v) is 9.00. The Balaban J connectivity index is 1.88. The van der Waals surface area contributed by atoms with Crippen LogP contribution in [0.2, 0.25) is 0 Å². The topological polar surface area (TPSA) is 93.5 Å². The molecule has 1 saturated heterocycles. The van der Waals surface area contributed by atoms with E-state index in [4.69, 9.17) is 4.74 Å². The van der Waals surface area contributed by atoms with Crippen LogP contribution in [0.3, 0.4) is 0 Å². The second-order valence-corrected chi connectivity index (χ2v) is 6.49. The van der Waals surface area contributed by atoms with Crippen molar-refractivity contribution < 1.29 is 9.53 Å². The molecule has 0 spiro atoms. The van der Waals surface area contributed by atoms with Crippen LogP contribution in [-0.2, 0) is 11.8 Å². The van der Waals surface area contributed by atoms with Crippen LogP contribution in [0.15, 0.2) is 29.5 Å². The van der Waals surface area contributed by atoms with Crippen molar-refractivity contribution in [2.45, 2.75) is 25.8 Å². The van der Waals surface area contributed by atoms with E-state index in [1.807, 2.05) is 11.9 Å². The lowest BCUT2D eigenvalue weighted by Gasteiger charge is -2.37. The highest BCUT2D eigenvalue weighted by atomic mass is 16.6. The lowest BCUT2D eigenvalue weighted by atomic mass is 10.1. The number of ether oxygens (including phenoxy) is 1. The van der Waals surface area contributed by atoms with Gasteiger partial charge in [0.05, 0.1) is 18.0 Å². The fourth-order valence-corrected chi connectivity index (χ4v) is 3.23. The minimum atomic E-state index is -0.299. The average Bonchev–Trinajstić information content (AvgIpc) is 2.70. The summed E-state index contributed by atoms with van der Waals surface area (Å²) in [5.74, 6) is 0.534. The molecule has 3 heterocycles. The molecule has 2 aromatic rings. The van der Waals surface area contributed by atoms with Crippen LogP contribution in [0.4, 0.5) is 10.7 Å². The summed E-state index contributed by atoms with van der Waals surface area (Å²) in [6, 6.07) is 3.22. The van der Waals surface area contributed by atoms with Gasteiger partial charge in [-0.15, -0.1) is 0 Å². The zero-order valence-electron chi connectivity index (χ0n) is 15.8. The van der Waals surface area contributed by atoms with Crippen LogP contribution in [0.1, 0.15) is 19.8 Å². The molecule has 0 N–H and O–H groups in total. The van der Waals surface area contributed by atoms with E-state index in [9.17, 15) is 9.59 Å². The number of carbonyl (C=O) groups excluding carboxylic acids is 1. The molecule has 0 bridgehead atoms. The monoisotopic (exact) mass is 372 g/mol. The third-order valence-electron chi connectivity index (χ3n) is 4.74. The maximum atomic E-state index is 12.4. The smallest absolute Gasteiger partial charge is 0.409 e. The molecular weight excluding hydrogens is 348 g/mol. The van der Waals surface area contributed by atoms with Gasteiger partial charge in [-0.05, 0) is 25.8 Å². The zero-order chi connectivity index (χ0) is 19.4. The van der Waals surface area contributed by atoms with Gasteiger partial charge in [0.15, 0.2) is 0 Å². The molecule has 1 aliphatic rings. The van der Waals surface area contributed by atoms with Crippen LogP contribution >= 0.6 is 0 Å². The summed E-state index contributed by atoms with van der Waals surface area (Å²) in [5, 5.41) is 0. The average molecular weight is 372 g/mol. The number of likely N-dealkylation sites (N-methyl/N-ethyl adjacent to an activating group) is 1. The highest BCUT2D eigenvalue weighted by molar-refractivity contribution is 5.68. The first kappa shape index (κ1) is 18.8. The summed E-state index contributed by atoms with van der Waals surface area (Å²) in [4.78, 5) is 40.9. The van der Waals surface area contributed by atoms with Gasteiger partial charge in [-0.3, -0.25) is 9.36 Å². The van der Waals surface area contributed by atoms with Crippen LogP contribution in [0, 0.1) is 0 Å². The Morgan fingerprint density at radius 1 is 1.41 bits per heavy atom. The summed E-state index contributed by atoms with van der Waals surface area (Å²) in [6.45, 7) is 3.36. The standard InChI is InChI=1S/C18H24N6O3/c1-4-27-18(26)24-9-5-6-13(11-24)22(2)17-21-15(10-16(25)23(17)3)14-7-8-19-12-20-14/h7-8,10,12-13H,4-6,9,11H2,1-3H3. The molecule has 144 valence electrons. The quantitative estimate of drug-likeness (QED) is 0.798. The number of amides is 1. The third kappa shape index (κ3) is 4.07. The van der Waals surface area contributed by atoms with Crippen LogP contribution in [-0.4, -0.2) is 63.3 Å². The minimum Gasteiger partial charge on any atom is -0.450 e. The van der Waals surface area contributed by atoms with Crippen LogP contribution in [0.5, 0.6) is 0 Å². The van der Waals surface area contributed by atoms with Crippen molar-refractivity contribution in [1.29, 1.82) is 0 Å². The van der Waals surface area contributed by atoms with Crippen molar-refractivity contribution in [3.05, 3.63) is 35.0 Å². The number of likely N-dealkylation sites (tertiary alicyclic amines) is 1. The molecule has 9 nitrogen and oxygen atoms in total. The maximum absolute atomic E-state index is 12.4. The van der Waals surface area contributed by atoms with E-state index < -0.39 is 0 Å². The van der Waals surface area contributed by atoms with Gasteiger partial charge in [-0.1, -0.05) is 0 Å². The molecule has 0 saturated carbocycles. The molecule has 2 aromatic heterocycles. The lowest BCUT2D eigenvalue weighted by Crippen LogP contribution is -2.50.